The number of ether oxygens (including phenoxy) is 1. The molecule has 1 rings (SSSR count). The van der Waals surface area contributed by atoms with E-state index in [0.29, 0.717) is 5.76 Å². The zero-order valence-electron chi connectivity index (χ0n) is 20.8. The van der Waals surface area contributed by atoms with Gasteiger partial charge in [0.05, 0.1) is 18.1 Å². The van der Waals surface area contributed by atoms with Crippen molar-refractivity contribution in [1.29, 1.82) is 0 Å². The van der Waals surface area contributed by atoms with Crippen LogP contribution in [0.15, 0.2) is 62.8 Å². The van der Waals surface area contributed by atoms with E-state index in [-0.39, 0.29) is 23.0 Å². The lowest BCUT2D eigenvalue weighted by atomic mass is 10.2. The molecular formula is C24H36INO5SSi. The Labute approximate surface area is 214 Å². The molecule has 9 heteroatoms. The molecule has 1 aromatic rings. The third kappa shape index (κ3) is 9.03. The summed E-state index contributed by atoms with van der Waals surface area (Å²) < 4.78 is 40.0. The number of nitrogens with zero attached hydrogens (tertiary/aromatic N) is 1. The molecule has 0 amide bonds. The first-order valence-electron chi connectivity index (χ1n) is 10.7. The number of carbonyl (C=O) groups is 1. The lowest BCUT2D eigenvalue weighted by molar-refractivity contribution is -0.135. The minimum absolute atomic E-state index is 0.0705. The first-order valence-corrected chi connectivity index (χ1v) is 16.1. The summed E-state index contributed by atoms with van der Waals surface area (Å²) in [5.74, 6) is -0.164. The lowest BCUT2D eigenvalue weighted by Crippen LogP contribution is -2.40. The third-order valence-electron chi connectivity index (χ3n) is 5.53. The number of aryl methyl sites for hydroxylation is 1. The number of hydrogen-bond donors (Lipinski definition) is 0. The van der Waals surface area contributed by atoms with Crippen molar-refractivity contribution in [2.75, 3.05) is 20.2 Å². The van der Waals surface area contributed by atoms with Crippen LogP contribution in [0.1, 0.15) is 33.3 Å². The fourth-order valence-corrected chi connectivity index (χ4v) is 5.42. The summed E-state index contributed by atoms with van der Waals surface area (Å²) in [5, 5.41) is -0.0705. The van der Waals surface area contributed by atoms with Crippen molar-refractivity contribution in [2.24, 2.45) is 0 Å². The Kier molecular flexibility index (Phi) is 11.1. The van der Waals surface area contributed by atoms with Gasteiger partial charge < -0.3 is 9.16 Å². The maximum atomic E-state index is 13.3. The molecule has 0 aliphatic rings. The van der Waals surface area contributed by atoms with Gasteiger partial charge in [-0.2, -0.15) is 4.31 Å². The van der Waals surface area contributed by atoms with Gasteiger partial charge in [-0.3, -0.25) is 0 Å². The zero-order valence-corrected chi connectivity index (χ0v) is 24.8. The van der Waals surface area contributed by atoms with E-state index in [0.717, 1.165) is 9.14 Å². The Bertz CT molecular complexity index is 1010. The van der Waals surface area contributed by atoms with E-state index in [9.17, 15) is 13.2 Å². The molecule has 1 aromatic carbocycles. The minimum Gasteiger partial charge on any atom is -0.543 e. The van der Waals surface area contributed by atoms with Crippen molar-refractivity contribution in [2.45, 2.75) is 57.6 Å². The number of rotatable bonds is 10. The van der Waals surface area contributed by atoms with Crippen LogP contribution in [0.3, 0.4) is 0 Å². The molecule has 184 valence electrons. The summed E-state index contributed by atoms with van der Waals surface area (Å²) in [6.07, 6.45) is 6.53. The standard InChI is InChI=1S/C24H36INO5SSi/c1-9-20(25)18-26(32(28,29)22-14-12-19(2)13-15-22)16-10-11-21(17-23(27)30-6)31-33(7,8)24(3,4)5/h9-15,17H,16,18H2,1-8H3/b11-10+,20-9-,21-17+. The van der Waals surface area contributed by atoms with E-state index in [1.807, 2.05) is 19.9 Å². The van der Waals surface area contributed by atoms with Gasteiger partial charge >= 0.3 is 5.97 Å². The summed E-state index contributed by atoms with van der Waals surface area (Å²) in [4.78, 5) is 12.1. The average Bonchev–Trinajstić information content (AvgIpc) is 2.71. The second kappa shape index (κ2) is 12.3. The van der Waals surface area contributed by atoms with Gasteiger partial charge in [-0.15, -0.1) is 0 Å². The number of sulfonamides is 1. The van der Waals surface area contributed by atoms with Gasteiger partial charge in [0.1, 0.15) is 5.76 Å². The fraction of sp³-hybridized carbons (Fsp3) is 0.458. The van der Waals surface area contributed by atoms with Gasteiger partial charge in [0.2, 0.25) is 18.3 Å². The van der Waals surface area contributed by atoms with E-state index in [1.165, 1.54) is 17.5 Å². The summed E-state index contributed by atoms with van der Waals surface area (Å²) >= 11 is 2.14. The van der Waals surface area contributed by atoms with Crippen molar-refractivity contribution in [3.05, 3.63) is 63.5 Å². The van der Waals surface area contributed by atoms with Crippen LogP contribution in [0.5, 0.6) is 0 Å². The van der Waals surface area contributed by atoms with E-state index in [2.05, 4.69) is 56.5 Å². The van der Waals surface area contributed by atoms with Crippen LogP contribution < -0.4 is 0 Å². The number of esters is 1. The van der Waals surface area contributed by atoms with E-state index < -0.39 is 24.3 Å². The highest BCUT2D eigenvalue weighted by Gasteiger charge is 2.39. The molecule has 0 aromatic heterocycles. The normalized spacial score (nSPS) is 14.1. The Balaban J connectivity index is 3.27. The van der Waals surface area contributed by atoms with Crippen LogP contribution in [-0.4, -0.2) is 47.2 Å². The summed E-state index contributed by atoms with van der Waals surface area (Å²) in [6, 6.07) is 6.80. The molecule has 0 unspecified atom stereocenters. The summed E-state index contributed by atoms with van der Waals surface area (Å²) in [6.45, 7) is 14.6. The van der Waals surface area contributed by atoms with Gasteiger partial charge in [0.25, 0.3) is 0 Å². The number of carbonyl (C=O) groups excluding carboxylic acids is 1. The highest BCUT2D eigenvalue weighted by atomic mass is 127. The van der Waals surface area contributed by atoms with Crippen LogP contribution in [0.2, 0.25) is 18.1 Å². The van der Waals surface area contributed by atoms with Crippen LogP contribution in [0, 0.1) is 6.92 Å². The molecule has 0 radical (unpaired) electrons. The molecule has 0 heterocycles. The predicted octanol–water partition coefficient (Wildman–Crippen LogP) is 5.96. The minimum atomic E-state index is -3.71. The van der Waals surface area contributed by atoms with Crippen molar-refractivity contribution >= 4 is 46.9 Å². The largest absolute Gasteiger partial charge is 0.543 e. The molecule has 0 N–H and O–H groups in total. The van der Waals surface area contributed by atoms with Crippen LogP contribution >= 0.6 is 22.6 Å². The van der Waals surface area contributed by atoms with Crippen molar-refractivity contribution in [1.82, 2.24) is 4.31 Å². The molecule has 0 aliphatic heterocycles. The van der Waals surface area contributed by atoms with Gasteiger partial charge in [0.15, 0.2) is 0 Å². The van der Waals surface area contributed by atoms with Crippen molar-refractivity contribution < 1.29 is 22.4 Å². The molecule has 0 saturated carbocycles. The molecular weight excluding hydrogens is 569 g/mol. The molecule has 0 aliphatic carbocycles. The first-order chi connectivity index (χ1) is 15.1. The van der Waals surface area contributed by atoms with E-state index >= 15 is 0 Å². The molecule has 0 bridgehead atoms. The highest BCUT2D eigenvalue weighted by molar-refractivity contribution is 14.1. The maximum Gasteiger partial charge on any atom is 0.334 e. The molecule has 6 nitrogen and oxygen atoms in total. The monoisotopic (exact) mass is 605 g/mol. The fourth-order valence-electron chi connectivity index (χ4n) is 2.39. The van der Waals surface area contributed by atoms with Crippen LogP contribution in [0.4, 0.5) is 0 Å². The van der Waals surface area contributed by atoms with Gasteiger partial charge in [-0.05, 0) is 72.8 Å². The van der Waals surface area contributed by atoms with Gasteiger partial charge in [-0.25, -0.2) is 13.2 Å². The van der Waals surface area contributed by atoms with Crippen molar-refractivity contribution in [3.63, 3.8) is 0 Å². The molecule has 0 fully saturated rings. The smallest absolute Gasteiger partial charge is 0.334 e. The molecule has 33 heavy (non-hydrogen) atoms. The lowest BCUT2D eigenvalue weighted by Gasteiger charge is -2.36. The number of allylic oxidation sites excluding steroid dienone is 2. The zero-order chi connectivity index (χ0) is 25.4. The van der Waals surface area contributed by atoms with E-state index in [1.54, 1.807) is 36.4 Å². The molecule has 0 saturated heterocycles. The Morgan fingerprint density at radius 2 is 1.76 bits per heavy atom. The van der Waals surface area contributed by atoms with E-state index in [4.69, 9.17) is 9.16 Å². The SMILES string of the molecule is C/C=C(\I)CN(C/C=C/C(=C\C(=O)OC)O[Si](C)(C)C(C)(C)C)S(=O)(=O)c1ccc(C)cc1. The Morgan fingerprint density at radius 1 is 1.18 bits per heavy atom. The molecule has 0 atom stereocenters. The second-order valence-corrected chi connectivity index (χ2v) is 17.2. The maximum absolute atomic E-state index is 13.3. The Morgan fingerprint density at radius 3 is 2.24 bits per heavy atom. The quantitative estimate of drug-likeness (QED) is 0.0822. The van der Waals surface area contributed by atoms with Crippen molar-refractivity contribution in [3.8, 4) is 0 Å². The highest BCUT2D eigenvalue weighted by Crippen LogP contribution is 2.38. The molecule has 0 spiro atoms. The average molecular weight is 606 g/mol. The Hall–Kier alpha value is -1.43. The number of hydrogen-bond acceptors (Lipinski definition) is 5. The van der Waals surface area contributed by atoms with Gasteiger partial charge in [0, 0.05) is 16.7 Å². The first kappa shape index (κ1) is 29.6. The number of benzene rings is 1. The predicted molar refractivity (Wildman–Crippen MR) is 145 cm³/mol. The summed E-state index contributed by atoms with van der Waals surface area (Å²) in [7, 11) is -4.63. The summed E-state index contributed by atoms with van der Waals surface area (Å²) in [5.41, 5.74) is 0.990. The van der Waals surface area contributed by atoms with Crippen LogP contribution in [0.25, 0.3) is 0 Å². The third-order valence-corrected chi connectivity index (χ3v) is 12.7. The van der Waals surface area contributed by atoms with Crippen LogP contribution in [-0.2, 0) is 24.0 Å². The van der Waals surface area contributed by atoms with Gasteiger partial charge in [-0.1, -0.05) is 50.6 Å². The topological polar surface area (TPSA) is 72.9 Å². The second-order valence-electron chi connectivity index (χ2n) is 9.18. The number of halogens is 1. The number of methoxy groups -OCH3 is 1.